The van der Waals surface area contributed by atoms with E-state index < -0.39 is 5.92 Å². The number of hydrogen-bond acceptors (Lipinski definition) is 6. The number of carbonyl (C=O) groups excluding carboxylic acids is 2. The first kappa shape index (κ1) is 22.4. The molecule has 0 radical (unpaired) electrons. The number of amides is 1. The summed E-state index contributed by atoms with van der Waals surface area (Å²) in [7, 11) is 0. The molecule has 1 saturated carbocycles. The van der Waals surface area contributed by atoms with Gasteiger partial charge in [0.1, 0.15) is 18.8 Å². The summed E-state index contributed by atoms with van der Waals surface area (Å²) in [5.74, 6) is -1.03. The molecule has 32 heavy (non-hydrogen) atoms. The number of allylic oxidation sites excluding steroid dienone is 2. The van der Waals surface area contributed by atoms with Gasteiger partial charge in [-0.3, -0.25) is 14.6 Å². The van der Waals surface area contributed by atoms with Crippen molar-refractivity contribution in [3.63, 3.8) is 0 Å². The van der Waals surface area contributed by atoms with E-state index in [1.54, 1.807) is 11.1 Å². The highest BCUT2D eigenvalue weighted by atomic mass is 32.2. The number of hydrogen-bond donors (Lipinski definition) is 2. The summed E-state index contributed by atoms with van der Waals surface area (Å²) in [6.45, 7) is 0.890. The quantitative estimate of drug-likeness (QED) is 0.620. The Labute approximate surface area is 193 Å². The van der Waals surface area contributed by atoms with E-state index >= 15 is 0 Å². The van der Waals surface area contributed by atoms with Crippen LogP contribution >= 0.6 is 11.8 Å². The number of nitrogens with one attached hydrogen (secondary N) is 2. The smallest absolute Gasteiger partial charge is 0.240 e. The van der Waals surface area contributed by atoms with Crippen LogP contribution in [0.2, 0.25) is 0 Å². The number of dihydropyridines is 1. The van der Waals surface area contributed by atoms with E-state index in [1.807, 2.05) is 61.0 Å². The zero-order chi connectivity index (χ0) is 22.2. The highest BCUT2D eigenvalue weighted by Gasteiger charge is 2.36. The van der Waals surface area contributed by atoms with Gasteiger partial charge < -0.3 is 15.5 Å². The molecule has 7 heteroatoms. The van der Waals surface area contributed by atoms with Gasteiger partial charge in [0.05, 0.1) is 6.54 Å². The van der Waals surface area contributed by atoms with E-state index in [4.69, 9.17) is 0 Å². The molecule has 0 aromatic heterocycles. The molecule has 6 nitrogen and oxygen atoms in total. The van der Waals surface area contributed by atoms with Crippen molar-refractivity contribution >= 4 is 29.0 Å². The SMILES string of the molecule is O=C(SC1CCCCC1)C(C(=O)N(CC1=CNCN=C1)C1C=CC=CN1)c1ccccc1. The molecular weight excluding hydrogens is 420 g/mol. The van der Waals surface area contributed by atoms with Gasteiger partial charge >= 0.3 is 0 Å². The van der Waals surface area contributed by atoms with Crippen molar-refractivity contribution in [3.05, 3.63) is 72.1 Å². The van der Waals surface area contributed by atoms with Gasteiger partial charge in [0.2, 0.25) is 11.0 Å². The average Bonchev–Trinajstić information content (AvgIpc) is 2.85. The number of rotatable bonds is 7. The van der Waals surface area contributed by atoms with Crippen LogP contribution in [0.25, 0.3) is 0 Å². The predicted molar refractivity (Wildman–Crippen MR) is 130 cm³/mol. The van der Waals surface area contributed by atoms with Crippen molar-refractivity contribution in [2.75, 3.05) is 13.2 Å². The number of carbonyl (C=O) groups is 2. The summed E-state index contributed by atoms with van der Waals surface area (Å²) in [5.41, 5.74) is 1.64. The Morgan fingerprint density at radius 2 is 1.94 bits per heavy atom. The van der Waals surface area contributed by atoms with E-state index in [0.717, 1.165) is 36.8 Å². The molecule has 1 aromatic carbocycles. The molecule has 1 fully saturated rings. The molecule has 2 atom stereocenters. The summed E-state index contributed by atoms with van der Waals surface area (Å²) in [6.07, 6.45) is 16.5. The topological polar surface area (TPSA) is 73.8 Å². The van der Waals surface area contributed by atoms with Crippen molar-refractivity contribution in [1.29, 1.82) is 0 Å². The Morgan fingerprint density at radius 3 is 2.62 bits per heavy atom. The van der Waals surface area contributed by atoms with E-state index in [9.17, 15) is 9.59 Å². The summed E-state index contributed by atoms with van der Waals surface area (Å²) < 4.78 is 0. The second-order valence-electron chi connectivity index (χ2n) is 8.26. The van der Waals surface area contributed by atoms with Crippen LogP contribution in [-0.4, -0.2) is 46.8 Å². The lowest BCUT2D eigenvalue weighted by Gasteiger charge is -2.34. The third kappa shape index (κ3) is 5.71. The third-order valence-electron chi connectivity index (χ3n) is 5.92. The first-order chi connectivity index (χ1) is 15.7. The van der Waals surface area contributed by atoms with Crippen molar-refractivity contribution < 1.29 is 9.59 Å². The molecule has 2 N–H and O–H groups in total. The van der Waals surface area contributed by atoms with Crippen LogP contribution in [0.3, 0.4) is 0 Å². The zero-order valence-corrected chi connectivity index (χ0v) is 19.0. The highest BCUT2D eigenvalue weighted by Crippen LogP contribution is 2.34. The van der Waals surface area contributed by atoms with E-state index in [1.165, 1.54) is 18.2 Å². The van der Waals surface area contributed by atoms with Gasteiger partial charge in [-0.15, -0.1) is 0 Å². The fraction of sp³-hybridized carbons (Fsp3) is 0.400. The van der Waals surface area contributed by atoms with Gasteiger partial charge in [-0.1, -0.05) is 67.4 Å². The standard InChI is InChI=1S/C25H30N4O2S/c30-24(29(22-13-7-8-14-28-22)17-19-15-26-18-27-16-19)23(20-9-3-1-4-10-20)25(31)32-21-11-5-2-6-12-21/h1,3-4,7-10,13-16,21-23,26,28H,2,5-6,11-12,17-18H2. The number of aliphatic imine (C=N–C) groups is 1. The summed E-state index contributed by atoms with van der Waals surface area (Å²) in [4.78, 5) is 33.5. The van der Waals surface area contributed by atoms with Gasteiger partial charge in [0.25, 0.3) is 0 Å². The van der Waals surface area contributed by atoms with Crippen LogP contribution in [0, 0.1) is 0 Å². The van der Waals surface area contributed by atoms with Crippen molar-refractivity contribution in [2.45, 2.75) is 49.4 Å². The molecule has 1 aromatic rings. The monoisotopic (exact) mass is 450 g/mol. The minimum absolute atomic E-state index is 0.0575. The lowest BCUT2D eigenvalue weighted by Crippen LogP contribution is -2.50. The van der Waals surface area contributed by atoms with Gasteiger partial charge in [0, 0.05) is 23.2 Å². The summed E-state index contributed by atoms with van der Waals surface area (Å²) in [5, 5.41) is 6.59. The molecule has 2 aliphatic heterocycles. The van der Waals surface area contributed by atoms with Crippen LogP contribution in [0.5, 0.6) is 0 Å². The molecule has 1 amide bonds. The lowest BCUT2D eigenvalue weighted by atomic mass is 9.98. The van der Waals surface area contributed by atoms with Crippen LogP contribution in [-0.2, 0) is 9.59 Å². The molecule has 3 aliphatic rings. The molecule has 2 heterocycles. The van der Waals surface area contributed by atoms with Gasteiger partial charge in [-0.25, -0.2) is 0 Å². The van der Waals surface area contributed by atoms with Crippen molar-refractivity contribution in [1.82, 2.24) is 15.5 Å². The van der Waals surface area contributed by atoms with Crippen LogP contribution in [0.1, 0.15) is 43.6 Å². The second kappa shape index (κ2) is 11.2. The Bertz CT molecular complexity index is 919. The van der Waals surface area contributed by atoms with E-state index in [0.29, 0.717) is 18.5 Å². The molecule has 0 spiro atoms. The maximum absolute atomic E-state index is 14.0. The second-order valence-corrected chi connectivity index (χ2v) is 9.56. The van der Waals surface area contributed by atoms with Crippen molar-refractivity contribution in [3.8, 4) is 0 Å². The van der Waals surface area contributed by atoms with Crippen LogP contribution < -0.4 is 10.6 Å². The van der Waals surface area contributed by atoms with Crippen LogP contribution in [0.4, 0.5) is 0 Å². The molecule has 0 saturated heterocycles. The zero-order valence-electron chi connectivity index (χ0n) is 18.2. The highest BCUT2D eigenvalue weighted by molar-refractivity contribution is 8.14. The third-order valence-corrected chi connectivity index (χ3v) is 7.19. The Kier molecular flexibility index (Phi) is 7.82. The van der Waals surface area contributed by atoms with Gasteiger partial charge in [-0.2, -0.15) is 0 Å². The molecule has 168 valence electrons. The predicted octanol–water partition coefficient (Wildman–Crippen LogP) is 3.71. The van der Waals surface area contributed by atoms with E-state index in [2.05, 4.69) is 15.6 Å². The van der Waals surface area contributed by atoms with Crippen LogP contribution in [0.15, 0.2) is 71.5 Å². The fourth-order valence-corrected chi connectivity index (χ4v) is 5.53. The number of nitrogens with zero attached hydrogens (tertiary/aromatic N) is 2. The number of benzene rings is 1. The summed E-state index contributed by atoms with van der Waals surface area (Å²) >= 11 is 1.37. The minimum atomic E-state index is -0.835. The molecular formula is C25H30N4O2S. The Balaban J connectivity index is 1.61. The Hall–Kier alpha value is -2.80. The maximum atomic E-state index is 14.0. The maximum Gasteiger partial charge on any atom is 0.240 e. The van der Waals surface area contributed by atoms with Gasteiger partial charge in [0.15, 0.2) is 0 Å². The van der Waals surface area contributed by atoms with Crippen molar-refractivity contribution in [2.24, 2.45) is 4.99 Å². The minimum Gasteiger partial charge on any atom is -0.372 e. The molecule has 0 bridgehead atoms. The normalized spacial score (nSPS) is 21.2. The molecule has 2 unspecified atom stereocenters. The molecule has 1 aliphatic carbocycles. The fourth-order valence-electron chi connectivity index (χ4n) is 4.26. The molecule has 4 rings (SSSR count). The first-order valence-corrected chi connectivity index (χ1v) is 12.2. The first-order valence-electron chi connectivity index (χ1n) is 11.3. The van der Waals surface area contributed by atoms with E-state index in [-0.39, 0.29) is 17.2 Å². The summed E-state index contributed by atoms with van der Waals surface area (Å²) in [6, 6.07) is 9.45. The van der Waals surface area contributed by atoms with Gasteiger partial charge in [-0.05, 0) is 36.8 Å². The number of thioether (sulfide) groups is 1. The largest absolute Gasteiger partial charge is 0.372 e. The Morgan fingerprint density at radius 1 is 1.12 bits per heavy atom. The average molecular weight is 451 g/mol. The lowest BCUT2D eigenvalue weighted by molar-refractivity contribution is -0.136.